The molecule has 0 unspecified atom stereocenters. The van der Waals surface area contributed by atoms with Crippen molar-refractivity contribution in [1.82, 2.24) is 14.4 Å². The molecule has 0 bridgehead atoms. The van der Waals surface area contributed by atoms with Gasteiger partial charge in [0.1, 0.15) is 11.4 Å². The summed E-state index contributed by atoms with van der Waals surface area (Å²) in [6.45, 7) is 0. The largest absolute Gasteiger partial charge is 0.490 e. The Hall–Kier alpha value is -3.29. The first-order valence-corrected chi connectivity index (χ1v) is 6.26. The van der Waals surface area contributed by atoms with Gasteiger partial charge in [0.25, 0.3) is 0 Å². The van der Waals surface area contributed by atoms with E-state index in [1.54, 1.807) is 24.5 Å². The normalized spacial score (nSPS) is 10.6. The Balaban J connectivity index is 2.25. The molecule has 2 heterocycles. The fourth-order valence-corrected chi connectivity index (χ4v) is 2.21. The van der Waals surface area contributed by atoms with E-state index in [-0.39, 0.29) is 17.1 Å². The highest BCUT2D eigenvalue weighted by Gasteiger charge is 2.20. The highest BCUT2D eigenvalue weighted by atomic mass is 16.6. The van der Waals surface area contributed by atoms with Gasteiger partial charge in [0.2, 0.25) is 5.78 Å². The van der Waals surface area contributed by atoms with Crippen molar-refractivity contribution in [3.63, 3.8) is 0 Å². The number of hydrogen-bond donors (Lipinski definition) is 0. The molecule has 0 amide bonds. The Labute approximate surface area is 124 Å². The van der Waals surface area contributed by atoms with Crippen LogP contribution in [0.1, 0.15) is 10.5 Å². The number of nitrogens with zero attached hydrogens (tertiary/aromatic N) is 4. The summed E-state index contributed by atoms with van der Waals surface area (Å²) < 4.78 is 6.49. The van der Waals surface area contributed by atoms with E-state index in [4.69, 9.17) is 4.74 Å². The number of fused-ring (bicyclic) bond motifs is 1. The maximum absolute atomic E-state index is 11.4. The lowest BCUT2D eigenvalue weighted by Gasteiger charge is -2.03. The van der Waals surface area contributed by atoms with Gasteiger partial charge in [-0.05, 0) is 18.2 Å². The van der Waals surface area contributed by atoms with Crippen molar-refractivity contribution < 1.29 is 14.5 Å². The molecule has 0 fully saturated rings. The fraction of sp³-hybridized carbons (Fsp3) is 0.0714. The predicted octanol–water partition coefficient (Wildman–Crippen LogP) is 2.13. The Morgan fingerprint density at radius 2 is 2.23 bits per heavy atom. The first-order chi connectivity index (χ1) is 10.7. The lowest BCUT2D eigenvalue weighted by Crippen LogP contribution is -1.96. The SMILES string of the molecule is COc1ccc(-c2nc3ncccn3c2C=O)cc1[N+](=O)[O-]. The summed E-state index contributed by atoms with van der Waals surface area (Å²) in [7, 11) is 1.35. The molecule has 2 aromatic heterocycles. The summed E-state index contributed by atoms with van der Waals surface area (Å²) >= 11 is 0. The van der Waals surface area contributed by atoms with Crippen LogP contribution in [-0.4, -0.2) is 32.7 Å². The van der Waals surface area contributed by atoms with Gasteiger partial charge in [0.05, 0.1) is 12.0 Å². The molecule has 0 aliphatic rings. The molecule has 22 heavy (non-hydrogen) atoms. The molecule has 3 rings (SSSR count). The number of rotatable bonds is 4. The third-order valence-electron chi connectivity index (χ3n) is 3.20. The van der Waals surface area contributed by atoms with Crippen LogP contribution in [0.5, 0.6) is 5.75 Å². The van der Waals surface area contributed by atoms with Crippen LogP contribution in [0.3, 0.4) is 0 Å². The number of imidazole rings is 1. The van der Waals surface area contributed by atoms with Gasteiger partial charge >= 0.3 is 5.69 Å². The summed E-state index contributed by atoms with van der Waals surface area (Å²) in [4.78, 5) is 30.3. The lowest BCUT2D eigenvalue weighted by molar-refractivity contribution is -0.385. The summed E-state index contributed by atoms with van der Waals surface area (Å²) in [6.07, 6.45) is 3.85. The van der Waals surface area contributed by atoms with Gasteiger partial charge in [-0.25, -0.2) is 9.97 Å². The molecular formula is C14H10N4O4. The zero-order valence-electron chi connectivity index (χ0n) is 11.5. The van der Waals surface area contributed by atoms with Crippen molar-refractivity contribution >= 4 is 17.8 Å². The number of nitro groups is 1. The zero-order valence-corrected chi connectivity index (χ0v) is 11.5. The van der Waals surface area contributed by atoms with E-state index in [1.807, 2.05) is 0 Å². The monoisotopic (exact) mass is 298 g/mol. The highest BCUT2D eigenvalue weighted by molar-refractivity contribution is 5.86. The van der Waals surface area contributed by atoms with E-state index in [9.17, 15) is 14.9 Å². The molecule has 0 spiro atoms. The first-order valence-electron chi connectivity index (χ1n) is 6.26. The van der Waals surface area contributed by atoms with Gasteiger partial charge in [-0.1, -0.05) is 0 Å². The van der Waals surface area contributed by atoms with Crippen molar-refractivity contribution in [3.8, 4) is 17.0 Å². The van der Waals surface area contributed by atoms with Crippen LogP contribution in [0.2, 0.25) is 0 Å². The second-order valence-electron chi connectivity index (χ2n) is 4.40. The molecule has 8 nitrogen and oxygen atoms in total. The van der Waals surface area contributed by atoms with E-state index in [0.29, 0.717) is 23.3 Å². The summed E-state index contributed by atoms with van der Waals surface area (Å²) in [5.74, 6) is 0.487. The fourth-order valence-electron chi connectivity index (χ4n) is 2.21. The van der Waals surface area contributed by atoms with Crippen molar-refractivity contribution in [3.05, 3.63) is 52.5 Å². The molecule has 0 aliphatic carbocycles. The molecule has 0 aliphatic heterocycles. The summed E-state index contributed by atoms with van der Waals surface area (Å²) in [5.41, 5.74) is 0.865. The van der Waals surface area contributed by atoms with Gasteiger partial charge in [0.15, 0.2) is 12.0 Å². The van der Waals surface area contributed by atoms with Crippen LogP contribution in [0, 0.1) is 10.1 Å². The smallest absolute Gasteiger partial charge is 0.311 e. The quantitative estimate of drug-likeness (QED) is 0.415. The van der Waals surface area contributed by atoms with Crippen LogP contribution in [-0.2, 0) is 0 Å². The van der Waals surface area contributed by atoms with Crippen LogP contribution >= 0.6 is 0 Å². The van der Waals surface area contributed by atoms with E-state index in [2.05, 4.69) is 9.97 Å². The minimum absolute atomic E-state index is 0.142. The van der Waals surface area contributed by atoms with Crippen molar-refractivity contribution in [2.24, 2.45) is 0 Å². The molecule has 0 radical (unpaired) electrons. The molecule has 0 saturated carbocycles. The van der Waals surface area contributed by atoms with Crippen molar-refractivity contribution in [2.75, 3.05) is 7.11 Å². The van der Waals surface area contributed by atoms with Crippen molar-refractivity contribution in [1.29, 1.82) is 0 Å². The van der Waals surface area contributed by atoms with E-state index >= 15 is 0 Å². The van der Waals surface area contributed by atoms with Gasteiger partial charge < -0.3 is 4.74 Å². The van der Waals surface area contributed by atoms with Gasteiger partial charge in [-0.2, -0.15) is 0 Å². The Kier molecular flexibility index (Phi) is 3.26. The summed E-state index contributed by atoms with van der Waals surface area (Å²) in [5, 5.41) is 11.1. The predicted molar refractivity (Wildman–Crippen MR) is 77.0 cm³/mol. The number of carbonyl (C=O) groups excluding carboxylic acids is 1. The number of aromatic nitrogens is 3. The van der Waals surface area contributed by atoms with Gasteiger partial charge in [0, 0.05) is 24.0 Å². The topological polar surface area (TPSA) is 99.6 Å². The third kappa shape index (κ3) is 2.06. The number of ether oxygens (including phenoxy) is 1. The Morgan fingerprint density at radius 1 is 1.41 bits per heavy atom. The van der Waals surface area contributed by atoms with Gasteiger partial charge in [-0.15, -0.1) is 0 Å². The number of aldehydes is 1. The number of methoxy groups -OCH3 is 1. The molecule has 0 N–H and O–H groups in total. The minimum Gasteiger partial charge on any atom is -0.490 e. The van der Waals surface area contributed by atoms with Crippen LogP contribution in [0.15, 0.2) is 36.7 Å². The number of hydrogen-bond acceptors (Lipinski definition) is 6. The zero-order chi connectivity index (χ0) is 15.7. The van der Waals surface area contributed by atoms with Crippen molar-refractivity contribution in [2.45, 2.75) is 0 Å². The highest BCUT2D eigenvalue weighted by Crippen LogP contribution is 2.32. The minimum atomic E-state index is -0.545. The first kappa shape index (κ1) is 13.7. The van der Waals surface area contributed by atoms with Crippen LogP contribution in [0.4, 0.5) is 5.69 Å². The van der Waals surface area contributed by atoms with E-state index in [0.717, 1.165) is 0 Å². The standard InChI is InChI=1S/C14H10N4O4/c1-22-12-4-3-9(7-10(12)18(20)21)13-11(8-19)17-6-2-5-15-14(17)16-13/h2-8H,1H3. The molecule has 0 atom stereocenters. The van der Waals surface area contributed by atoms with Crippen LogP contribution < -0.4 is 4.74 Å². The molecule has 1 aromatic carbocycles. The maximum atomic E-state index is 11.4. The number of benzene rings is 1. The molecule has 0 saturated heterocycles. The molecule has 8 heteroatoms. The van der Waals surface area contributed by atoms with E-state index in [1.165, 1.54) is 23.6 Å². The Morgan fingerprint density at radius 3 is 2.91 bits per heavy atom. The van der Waals surface area contributed by atoms with Gasteiger partial charge in [-0.3, -0.25) is 19.3 Å². The average Bonchev–Trinajstić information content (AvgIpc) is 2.92. The van der Waals surface area contributed by atoms with Crippen LogP contribution in [0.25, 0.3) is 17.0 Å². The molecule has 110 valence electrons. The maximum Gasteiger partial charge on any atom is 0.311 e. The summed E-state index contributed by atoms with van der Waals surface area (Å²) in [6, 6.07) is 6.08. The Bertz CT molecular complexity index is 888. The van der Waals surface area contributed by atoms with E-state index < -0.39 is 4.92 Å². The number of carbonyl (C=O) groups is 1. The average molecular weight is 298 g/mol. The number of nitro benzene ring substituents is 1. The molecule has 3 aromatic rings. The second-order valence-corrected chi connectivity index (χ2v) is 4.40. The molecular weight excluding hydrogens is 288 g/mol. The second kappa shape index (κ2) is 5.24. The lowest BCUT2D eigenvalue weighted by atomic mass is 10.1. The third-order valence-corrected chi connectivity index (χ3v) is 3.20.